The van der Waals surface area contributed by atoms with Gasteiger partial charge in [-0.1, -0.05) is 12.1 Å². The van der Waals surface area contributed by atoms with E-state index in [4.69, 9.17) is 9.15 Å². The summed E-state index contributed by atoms with van der Waals surface area (Å²) in [7, 11) is -0.897. The molecule has 0 aliphatic carbocycles. The van der Waals surface area contributed by atoms with E-state index >= 15 is 0 Å². The van der Waals surface area contributed by atoms with Gasteiger partial charge in [-0.25, -0.2) is 13.2 Å². The Morgan fingerprint density at radius 1 is 1.21 bits per heavy atom. The van der Waals surface area contributed by atoms with E-state index in [0.29, 0.717) is 29.3 Å². The number of carbonyl (C=O) groups excluding carboxylic acids is 1. The number of carbonyl (C=O) groups is 1. The topological polar surface area (TPSA) is 94.6 Å². The number of rotatable bonds is 7. The van der Waals surface area contributed by atoms with E-state index in [0.717, 1.165) is 5.56 Å². The molecule has 0 unspecified atom stereocenters. The first-order valence-electron chi connectivity index (χ1n) is 8.94. The first-order chi connectivity index (χ1) is 13.7. The third kappa shape index (κ3) is 4.25. The molecule has 3 rings (SSSR count). The Morgan fingerprint density at radius 2 is 1.90 bits per heavy atom. The van der Waals surface area contributed by atoms with Crippen molar-refractivity contribution in [2.24, 2.45) is 0 Å². The molecule has 0 radical (unpaired) electrons. The highest BCUT2D eigenvalue weighted by Crippen LogP contribution is 2.24. The van der Waals surface area contributed by atoms with Crippen molar-refractivity contribution in [1.82, 2.24) is 14.1 Å². The molecule has 1 aromatic carbocycles. The van der Waals surface area contributed by atoms with Crippen molar-refractivity contribution in [2.45, 2.75) is 31.8 Å². The molecular weight excluding hydrogens is 394 g/mol. The SMILES string of the molecule is COC(=O)c1ccc(Cn2nc(C)c(S(=O)(=O)N(C)Cc3ccco3)c2C)cc1. The summed E-state index contributed by atoms with van der Waals surface area (Å²) in [5.74, 6) is 0.153. The average Bonchev–Trinajstić information content (AvgIpc) is 3.29. The van der Waals surface area contributed by atoms with E-state index in [1.165, 1.54) is 24.7 Å². The molecule has 3 aromatic rings. The van der Waals surface area contributed by atoms with Crippen molar-refractivity contribution in [3.63, 3.8) is 0 Å². The van der Waals surface area contributed by atoms with Crippen molar-refractivity contribution in [3.05, 3.63) is 70.9 Å². The Bertz CT molecular complexity index is 1100. The number of hydrogen-bond acceptors (Lipinski definition) is 6. The van der Waals surface area contributed by atoms with Crippen molar-refractivity contribution < 1.29 is 22.4 Å². The molecule has 0 atom stereocenters. The number of ether oxygens (including phenoxy) is 1. The van der Waals surface area contributed by atoms with E-state index in [9.17, 15) is 13.2 Å². The highest BCUT2D eigenvalue weighted by atomic mass is 32.2. The maximum absolute atomic E-state index is 13.1. The predicted molar refractivity (Wildman–Crippen MR) is 106 cm³/mol. The van der Waals surface area contributed by atoms with Gasteiger partial charge in [0.05, 0.1) is 43.4 Å². The highest BCUT2D eigenvalue weighted by Gasteiger charge is 2.29. The second-order valence-electron chi connectivity index (χ2n) is 6.69. The number of furan rings is 1. The van der Waals surface area contributed by atoms with Crippen LogP contribution in [0.5, 0.6) is 0 Å². The average molecular weight is 417 g/mol. The summed E-state index contributed by atoms with van der Waals surface area (Å²) in [4.78, 5) is 11.7. The van der Waals surface area contributed by atoms with Gasteiger partial charge in [-0.3, -0.25) is 4.68 Å². The molecule has 0 saturated carbocycles. The molecule has 0 aliphatic rings. The lowest BCUT2D eigenvalue weighted by atomic mass is 10.1. The van der Waals surface area contributed by atoms with Gasteiger partial charge in [-0.15, -0.1) is 0 Å². The lowest BCUT2D eigenvalue weighted by Gasteiger charge is -2.16. The van der Waals surface area contributed by atoms with Crippen LogP contribution in [-0.4, -0.2) is 42.6 Å². The molecular formula is C20H23N3O5S. The van der Waals surface area contributed by atoms with Gasteiger partial charge in [-0.2, -0.15) is 9.40 Å². The van der Waals surface area contributed by atoms with Crippen LogP contribution in [0.4, 0.5) is 0 Å². The van der Waals surface area contributed by atoms with Crippen LogP contribution in [0.2, 0.25) is 0 Å². The van der Waals surface area contributed by atoms with Crippen LogP contribution in [0.15, 0.2) is 52.0 Å². The first kappa shape index (κ1) is 20.8. The van der Waals surface area contributed by atoms with Gasteiger partial charge in [0.1, 0.15) is 10.7 Å². The lowest BCUT2D eigenvalue weighted by Crippen LogP contribution is -2.27. The van der Waals surface area contributed by atoms with Crippen LogP contribution in [0.1, 0.15) is 33.1 Å². The van der Waals surface area contributed by atoms with E-state index in [-0.39, 0.29) is 11.4 Å². The minimum absolute atomic E-state index is 0.133. The van der Waals surface area contributed by atoms with Crippen molar-refractivity contribution in [3.8, 4) is 0 Å². The van der Waals surface area contributed by atoms with E-state index in [1.54, 1.807) is 54.9 Å². The first-order valence-corrected chi connectivity index (χ1v) is 10.4. The normalized spacial score (nSPS) is 11.8. The number of benzene rings is 1. The molecule has 29 heavy (non-hydrogen) atoms. The second kappa shape index (κ2) is 8.22. The van der Waals surface area contributed by atoms with Crippen LogP contribution in [0.25, 0.3) is 0 Å². The number of esters is 1. The zero-order valence-corrected chi connectivity index (χ0v) is 17.6. The number of sulfonamides is 1. The monoisotopic (exact) mass is 417 g/mol. The molecule has 2 aromatic heterocycles. The zero-order chi connectivity index (χ0) is 21.2. The van der Waals surface area contributed by atoms with Gasteiger partial charge in [0, 0.05) is 7.05 Å². The fourth-order valence-corrected chi connectivity index (χ4v) is 4.61. The van der Waals surface area contributed by atoms with Gasteiger partial charge in [0.25, 0.3) is 0 Å². The Kier molecular flexibility index (Phi) is 5.90. The third-order valence-corrected chi connectivity index (χ3v) is 6.71. The summed E-state index contributed by atoms with van der Waals surface area (Å²) in [6, 6.07) is 10.4. The summed E-state index contributed by atoms with van der Waals surface area (Å²) in [5, 5.41) is 4.42. The summed E-state index contributed by atoms with van der Waals surface area (Å²) in [6.07, 6.45) is 1.51. The largest absolute Gasteiger partial charge is 0.468 e. The molecule has 0 amide bonds. The number of aromatic nitrogens is 2. The Hall–Kier alpha value is -2.91. The summed E-state index contributed by atoms with van der Waals surface area (Å²) in [5.41, 5.74) is 2.31. The van der Waals surface area contributed by atoms with Gasteiger partial charge in [0.15, 0.2) is 0 Å². The molecule has 8 nitrogen and oxygen atoms in total. The number of methoxy groups -OCH3 is 1. The van der Waals surface area contributed by atoms with E-state index in [2.05, 4.69) is 5.10 Å². The van der Waals surface area contributed by atoms with Crippen molar-refractivity contribution in [2.75, 3.05) is 14.2 Å². The van der Waals surface area contributed by atoms with Crippen LogP contribution in [0.3, 0.4) is 0 Å². The molecule has 0 fully saturated rings. The lowest BCUT2D eigenvalue weighted by molar-refractivity contribution is 0.0600. The van der Waals surface area contributed by atoms with Crippen molar-refractivity contribution in [1.29, 1.82) is 0 Å². The van der Waals surface area contributed by atoms with Gasteiger partial charge in [-0.05, 0) is 43.7 Å². The van der Waals surface area contributed by atoms with Gasteiger partial charge < -0.3 is 9.15 Å². The molecule has 0 aliphatic heterocycles. The predicted octanol–water partition coefficient (Wildman–Crippen LogP) is 2.75. The number of nitrogens with zero attached hydrogens (tertiary/aromatic N) is 3. The standard InChI is InChI=1S/C20H23N3O5S/c1-14-19(29(25,26)22(3)13-18-6-5-11-28-18)15(2)23(21-14)12-16-7-9-17(10-8-16)20(24)27-4/h5-11H,12-13H2,1-4H3. The fraction of sp³-hybridized carbons (Fsp3) is 0.300. The molecule has 0 spiro atoms. The summed E-state index contributed by atoms with van der Waals surface area (Å²) < 4.78 is 39.0. The maximum Gasteiger partial charge on any atom is 0.337 e. The van der Waals surface area contributed by atoms with Crippen LogP contribution < -0.4 is 0 Å². The minimum atomic E-state index is -3.74. The summed E-state index contributed by atoms with van der Waals surface area (Å²) >= 11 is 0. The van der Waals surface area contributed by atoms with E-state index < -0.39 is 16.0 Å². The van der Waals surface area contributed by atoms with Crippen LogP contribution >= 0.6 is 0 Å². The minimum Gasteiger partial charge on any atom is -0.468 e. The number of aryl methyl sites for hydroxylation is 1. The molecule has 2 heterocycles. The quantitative estimate of drug-likeness (QED) is 0.549. The summed E-state index contributed by atoms with van der Waals surface area (Å²) in [6.45, 7) is 3.92. The molecule has 0 bridgehead atoms. The van der Waals surface area contributed by atoms with Crippen LogP contribution in [-0.2, 0) is 27.8 Å². The van der Waals surface area contributed by atoms with Gasteiger partial charge >= 0.3 is 5.97 Å². The fourth-order valence-electron chi connectivity index (χ4n) is 3.11. The number of hydrogen-bond donors (Lipinski definition) is 0. The molecule has 0 N–H and O–H groups in total. The molecule has 154 valence electrons. The molecule has 9 heteroatoms. The van der Waals surface area contributed by atoms with Crippen LogP contribution in [0, 0.1) is 13.8 Å². The highest BCUT2D eigenvalue weighted by molar-refractivity contribution is 7.89. The molecule has 0 saturated heterocycles. The second-order valence-corrected chi connectivity index (χ2v) is 8.67. The smallest absolute Gasteiger partial charge is 0.337 e. The zero-order valence-electron chi connectivity index (χ0n) is 16.7. The Labute approximate surface area is 169 Å². The van der Waals surface area contributed by atoms with Crippen molar-refractivity contribution >= 4 is 16.0 Å². The Balaban J connectivity index is 1.85. The van der Waals surface area contributed by atoms with E-state index in [1.807, 2.05) is 0 Å². The third-order valence-electron chi connectivity index (χ3n) is 4.65. The maximum atomic E-state index is 13.1. The van der Waals surface area contributed by atoms with Gasteiger partial charge in [0.2, 0.25) is 10.0 Å². The Morgan fingerprint density at radius 3 is 2.48 bits per heavy atom.